The van der Waals surface area contributed by atoms with E-state index in [1.165, 1.54) is 41.9 Å². The third-order valence-electron chi connectivity index (χ3n) is 4.52. The van der Waals surface area contributed by atoms with Gasteiger partial charge in [0, 0.05) is 18.7 Å². The molecule has 1 N–H and O–H groups in total. The molecule has 2 heterocycles. The Morgan fingerprint density at radius 2 is 2.11 bits per heavy atom. The topological polar surface area (TPSA) is 29.9 Å². The number of nitrogens with zero attached hydrogens (tertiary/aromatic N) is 2. The van der Waals surface area contributed by atoms with Crippen LogP contribution in [0.2, 0.25) is 0 Å². The summed E-state index contributed by atoms with van der Waals surface area (Å²) in [5, 5.41) is 3.38. The first-order valence-electron chi connectivity index (χ1n) is 7.28. The molecular formula is C16H19N3. The summed E-state index contributed by atoms with van der Waals surface area (Å²) < 4.78 is 2.38. The molecule has 2 aliphatic rings. The molecular weight excluding hydrogens is 234 g/mol. The Hall–Kier alpha value is -1.61. The summed E-state index contributed by atoms with van der Waals surface area (Å²) in [6.07, 6.45) is 6.13. The molecule has 2 aromatic rings. The number of hydrogen-bond donors (Lipinski definition) is 1. The average Bonchev–Trinajstić information content (AvgIpc) is 2.81. The summed E-state index contributed by atoms with van der Waals surface area (Å²) in [6, 6.07) is 8.89. The van der Waals surface area contributed by atoms with Crippen molar-refractivity contribution in [2.75, 3.05) is 6.54 Å². The van der Waals surface area contributed by atoms with E-state index in [-0.39, 0.29) is 0 Å². The molecule has 1 aliphatic heterocycles. The zero-order valence-electron chi connectivity index (χ0n) is 11.1. The molecule has 0 amide bonds. The Balaban J connectivity index is 1.81. The van der Waals surface area contributed by atoms with Gasteiger partial charge >= 0.3 is 0 Å². The molecule has 1 aromatic heterocycles. The molecule has 0 spiro atoms. The number of benzene rings is 1. The predicted octanol–water partition coefficient (Wildman–Crippen LogP) is 2.92. The van der Waals surface area contributed by atoms with Crippen LogP contribution >= 0.6 is 0 Å². The second-order valence-electron chi connectivity index (χ2n) is 5.60. The summed E-state index contributed by atoms with van der Waals surface area (Å²) in [6.45, 7) is 2.97. The van der Waals surface area contributed by atoms with E-state index in [4.69, 9.17) is 0 Å². The van der Waals surface area contributed by atoms with Crippen LogP contribution in [0.4, 0.5) is 0 Å². The number of nitrogens with one attached hydrogen (secondary N) is 1. The van der Waals surface area contributed by atoms with Crippen LogP contribution in [0.25, 0.3) is 11.3 Å². The molecule has 0 unspecified atom stereocenters. The highest BCUT2D eigenvalue weighted by Gasteiger charge is 2.24. The van der Waals surface area contributed by atoms with Crippen LogP contribution in [0, 0.1) is 0 Å². The largest absolute Gasteiger partial charge is 0.326 e. The van der Waals surface area contributed by atoms with Gasteiger partial charge in [-0.05, 0) is 24.3 Å². The molecule has 98 valence electrons. The summed E-state index contributed by atoms with van der Waals surface area (Å²) in [4.78, 5) is 4.58. The summed E-state index contributed by atoms with van der Waals surface area (Å²) in [7, 11) is 0. The fourth-order valence-corrected chi connectivity index (χ4v) is 3.22. The number of fused-ring (bicyclic) bond motifs is 1. The minimum Gasteiger partial charge on any atom is -0.326 e. The van der Waals surface area contributed by atoms with Gasteiger partial charge in [0.25, 0.3) is 0 Å². The molecule has 1 aromatic carbocycles. The highest BCUT2D eigenvalue weighted by Crippen LogP contribution is 2.41. The van der Waals surface area contributed by atoms with Crippen LogP contribution < -0.4 is 5.32 Å². The number of hydrogen-bond acceptors (Lipinski definition) is 2. The van der Waals surface area contributed by atoms with Crippen LogP contribution in [-0.2, 0) is 13.1 Å². The lowest BCUT2D eigenvalue weighted by Crippen LogP contribution is -2.28. The minimum atomic E-state index is 0.768. The van der Waals surface area contributed by atoms with Crippen LogP contribution in [-0.4, -0.2) is 16.1 Å². The minimum absolute atomic E-state index is 0.768. The second kappa shape index (κ2) is 4.49. The monoisotopic (exact) mass is 253 g/mol. The van der Waals surface area contributed by atoms with Gasteiger partial charge in [-0.3, -0.25) is 0 Å². The number of aromatic nitrogens is 2. The van der Waals surface area contributed by atoms with Gasteiger partial charge in [-0.1, -0.05) is 30.7 Å². The standard InChI is InChI=1S/C16H19N3/c1-2-7-14(13(6-1)12-4-3-5-12)15-10-18-16-11-17-8-9-19(15)16/h1-2,6-7,10,12,17H,3-5,8-9,11H2. The maximum Gasteiger partial charge on any atom is 0.123 e. The van der Waals surface area contributed by atoms with Crippen LogP contribution in [0.3, 0.4) is 0 Å². The van der Waals surface area contributed by atoms with Crippen LogP contribution in [0.15, 0.2) is 30.5 Å². The van der Waals surface area contributed by atoms with Crippen molar-refractivity contribution in [3.8, 4) is 11.3 Å². The highest BCUT2D eigenvalue weighted by atomic mass is 15.2. The van der Waals surface area contributed by atoms with Crippen molar-refractivity contribution in [1.29, 1.82) is 0 Å². The Labute approximate surface area is 113 Å². The smallest absolute Gasteiger partial charge is 0.123 e. The maximum atomic E-state index is 4.58. The molecule has 1 aliphatic carbocycles. The Morgan fingerprint density at radius 1 is 1.21 bits per heavy atom. The van der Waals surface area contributed by atoms with Gasteiger partial charge in [-0.15, -0.1) is 0 Å². The van der Waals surface area contributed by atoms with E-state index >= 15 is 0 Å². The van der Waals surface area contributed by atoms with E-state index in [0.717, 1.165) is 25.6 Å². The number of rotatable bonds is 2. The number of imidazole rings is 1. The van der Waals surface area contributed by atoms with Crippen molar-refractivity contribution in [1.82, 2.24) is 14.9 Å². The lowest BCUT2D eigenvalue weighted by molar-refractivity contribution is 0.420. The van der Waals surface area contributed by atoms with Gasteiger partial charge in [-0.25, -0.2) is 4.98 Å². The first-order chi connectivity index (χ1) is 9.43. The SMILES string of the molecule is c1ccc(C2CCC2)c(-c2cnc3n2CCNC3)c1. The zero-order valence-corrected chi connectivity index (χ0v) is 11.1. The van der Waals surface area contributed by atoms with Gasteiger partial charge in [0.15, 0.2) is 0 Å². The lowest BCUT2D eigenvalue weighted by atomic mass is 9.78. The highest BCUT2D eigenvalue weighted by molar-refractivity contribution is 5.65. The van der Waals surface area contributed by atoms with E-state index in [1.54, 1.807) is 0 Å². The van der Waals surface area contributed by atoms with Crippen LogP contribution in [0.5, 0.6) is 0 Å². The van der Waals surface area contributed by atoms with Gasteiger partial charge in [0.05, 0.1) is 18.4 Å². The van der Waals surface area contributed by atoms with E-state index in [0.29, 0.717) is 0 Å². The third-order valence-corrected chi connectivity index (χ3v) is 4.52. The molecule has 3 nitrogen and oxygen atoms in total. The Kier molecular flexibility index (Phi) is 2.66. The van der Waals surface area contributed by atoms with Crippen molar-refractivity contribution < 1.29 is 0 Å². The van der Waals surface area contributed by atoms with Crippen molar-refractivity contribution in [2.24, 2.45) is 0 Å². The van der Waals surface area contributed by atoms with Crippen LogP contribution in [0.1, 0.15) is 36.6 Å². The molecule has 19 heavy (non-hydrogen) atoms. The lowest BCUT2D eigenvalue weighted by Gasteiger charge is -2.28. The summed E-state index contributed by atoms with van der Waals surface area (Å²) >= 11 is 0. The summed E-state index contributed by atoms with van der Waals surface area (Å²) in [5.41, 5.74) is 4.22. The van der Waals surface area contributed by atoms with Gasteiger partial charge in [-0.2, -0.15) is 0 Å². The Bertz CT molecular complexity index is 596. The molecule has 1 fully saturated rings. The molecule has 0 saturated heterocycles. The molecule has 3 heteroatoms. The normalized spacial score (nSPS) is 18.9. The summed E-state index contributed by atoms with van der Waals surface area (Å²) in [5.74, 6) is 1.94. The quantitative estimate of drug-likeness (QED) is 0.892. The van der Waals surface area contributed by atoms with Crippen molar-refractivity contribution in [3.63, 3.8) is 0 Å². The van der Waals surface area contributed by atoms with E-state index in [1.807, 2.05) is 0 Å². The van der Waals surface area contributed by atoms with E-state index < -0.39 is 0 Å². The van der Waals surface area contributed by atoms with Crippen molar-refractivity contribution in [2.45, 2.75) is 38.3 Å². The molecule has 1 saturated carbocycles. The zero-order chi connectivity index (χ0) is 12.7. The third kappa shape index (κ3) is 1.80. The fraction of sp³-hybridized carbons (Fsp3) is 0.438. The van der Waals surface area contributed by atoms with Gasteiger partial charge < -0.3 is 9.88 Å². The van der Waals surface area contributed by atoms with E-state index in [9.17, 15) is 0 Å². The molecule has 0 atom stereocenters. The molecule has 0 radical (unpaired) electrons. The van der Waals surface area contributed by atoms with Crippen molar-refractivity contribution in [3.05, 3.63) is 41.9 Å². The van der Waals surface area contributed by atoms with Gasteiger partial charge in [0.2, 0.25) is 0 Å². The maximum absolute atomic E-state index is 4.58. The average molecular weight is 253 g/mol. The molecule has 4 rings (SSSR count). The first-order valence-corrected chi connectivity index (χ1v) is 7.28. The van der Waals surface area contributed by atoms with E-state index in [2.05, 4.69) is 45.3 Å². The Morgan fingerprint density at radius 3 is 2.95 bits per heavy atom. The first kappa shape index (κ1) is 11.2. The molecule has 0 bridgehead atoms. The predicted molar refractivity (Wildman–Crippen MR) is 76.0 cm³/mol. The van der Waals surface area contributed by atoms with Crippen molar-refractivity contribution >= 4 is 0 Å². The second-order valence-corrected chi connectivity index (χ2v) is 5.60. The fourth-order valence-electron chi connectivity index (χ4n) is 3.22. The van der Waals surface area contributed by atoms with Gasteiger partial charge in [0.1, 0.15) is 5.82 Å².